The second-order valence-corrected chi connectivity index (χ2v) is 6.83. The molecule has 152 valence electrons. The van der Waals surface area contributed by atoms with Crippen LogP contribution >= 0.6 is 15.9 Å². The van der Waals surface area contributed by atoms with Crippen LogP contribution in [0.5, 0.6) is 0 Å². The van der Waals surface area contributed by atoms with Crippen molar-refractivity contribution in [2.24, 2.45) is 4.99 Å². The molecule has 0 amide bonds. The van der Waals surface area contributed by atoms with Crippen LogP contribution in [-0.2, 0) is 14.3 Å². The normalized spacial score (nSPS) is 16.3. The molecule has 1 aromatic heterocycles. The highest BCUT2D eigenvalue weighted by molar-refractivity contribution is 9.10. The minimum atomic E-state index is -0.981. The van der Waals surface area contributed by atoms with Gasteiger partial charge in [0, 0.05) is 17.6 Å². The number of rotatable bonds is 5. The molecule has 1 N–H and O–H groups in total. The van der Waals surface area contributed by atoms with Gasteiger partial charge in [0.1, 0.15) is 23.4 Å². The summed E-state index contributed by atoms with van der Waals surface area (Å²) in [6, 6.07) is 3.56. The largest absolute Gasteiger partial charge is 0.466 e. The van der Waals surface area contributed by atoms with Gasteiger partial charge in [0.15, 0.2) is 11.7 Å². The van der Waals surface area contributed by atoms with E-state index in [4.69, 9.17) is 9.47 Å². The van der Waals surface area contributed by atoms with Crippen LogP contribution < -0.4 is 5.32 Å². The van der Waals surface area contributed by atoms with Gasteiger partial charge in [0.2, 0.25) is 0 Å². The van der Waals surface area contributed by atoms with Gasteiger partial charge >= 0.3 is 5.97 Å². The molecular formula is C19H15BrF3N3O3. The van der Waals surface area contributed by atoms with Crippen molar-refractivity contribution in [3.63, 3.8) is 0 Å². The summed E-state index contributed by atoms with van der Waals surface area (Å²) < 4.78 is 51.5. The van der Waals surface area contributed by atoms with E-state index in [-0.39, 0.29) is 29.4 Å². The number of ether oxygens (including phenoxy) is 2. The fraction of sp³-hybridized carbons (Fsp3) is 0.211. The molecule has 0 bridgehead atoms. The maximum Gasteiger partial charge on any atom is 0.338 e. The van der Waals surface area contributed by atoms with Crippen LogP contribution in [0.25, 0.3) is 0 Å². The summed E-state index contributed by atoms with van der Waals surface area (Å²) >= 11 is 3.27. The standard InChI is InChI=1S/C19H15BrF3N3O3/c1-28-8-14-15(19(27)29-2)16(11-4-3-9(21)5-12(11)20)26-18(25-14)17-13(23)6-10(22)7-24-17/h3-7,16H,8H2,1-2H3,(H,25,26)/t16-/m0/s1. The van der Waals surface area contributed by atoms with Crippen LogP contribution in [0.2, 0.25) is 0 Å². The number of carbonyl (C=O) groups is 1. The Labute approximate surface area is 172 Å². The molecule has 6 nitrogen and oxygen atoms in total. The topological polar surface area (TPSA) is 72.8 Å². The lowest BCUT2D eigenvalue weighted by Crippen LogP contribution is -2.36. The summed E-state index contributed by atoms with van der Waals surface area (Å²) in [4.78, 5) is 20.7. The lowest BCUT2D eigenvalue weighted by Gasteiger charge is -2.27. The van der Waals surface area contributed by atoms with Gasteiger partial charge in [-0.2, -0.15) is 0 Å². The number of hydrogen-bond donors (Lipinski definition) is 1. The van der Waals surface area contributed by atoms with Crippen LogP contribution in [0.3, 0.4) is 0 Å². The van der Waals surface area contributed by atoms with Gasteiger partial charge < -0.3 is 14.8 Å². The first-order chi connectivity index (χ1) is 13.8. The van der Waals surface area contributed by atoms with E-state index in [1.807, 2.05) is 0 Å². The first kappa shape index (κ1) is 21.0. The highest BCUT2D eigenvalue weighted by Gasteiger charge is 2.34. The van der Waals surface area contributed by atoms with Crippen molar-refractivity contribution in [1.82, 2.24) is 10.3 Å². The van der Waals surface area contributed by atoms with Crippen LogP contribution in [0, 0.1) is 17.5 Å². The highest BCUT2D eigenvalue weighted by atomic mass is 79.9. The van der Waals surface area contributed by atoms with Crippen molar-refractivity contribution in [3.8, 4) is 0 Å². The molecule has 10 heteroatoms. The van der Waals surface area contributed by atoms with Crippen LogP contribution in [0.1, 0.15) is 17.3 Å². The maximum atomic E-state index is 14.3. The van der Waals surface area contributed by atoms with Gasteiger partial charge in [0.05, 0.1) is 31.2 Å². The number of benzene rings is 1. The Bertz CT molecular complexity index is 1030. The molecular weight excluding hydrogens is 455 g/mol. The lowest BCUT2D eigenvalue weighted by molar-refractivity contribution is -0.136. The SMILES string of the molecule is COCC1=C(C(=O)OC)[C@H](c2ccc(F)cc2Br)N=C(c2ncc(F)cc2F)N1. The monoisotopic (exact) mass is 469 g/mol. The quantitative estimate of drug-likeness (QED) is 0.679. The Kier molecular flexibility index (Phi) is 6.33. The third kappa shape index (κ3) is 4.33. The molecule has 0 saturated carbocycles. The first-order valence-electron chi connectivity index (χ1n) is 8.27. The summed E-state index contributed by atoms with van der Waals surface area (Å²) in [6.07, 6.45) is 0.848. The van der Waals surface area contributed by atoms with E-state index in [9.17, 15) is 18.0 Å². The molecule has 2 aromatic rings. The Hall–Kier alpha value is -2.72. The number of pyridine rings is 1. The molecule has 0 aliphatic carbocycles. The zero-order chi connectivity index (χ0) is 21.1. The zero-order valence-electron chi connectivity index (χ0n) is 15.3. The maximum absolute atomic E-state index is 14.3. The number of hydrogen-bond acceptors (Lipinski definition) is 6. The van der Waals surface area contributed by atoms with Crippen molar-refractivity contribution >= 4 is 27.7 Å². The fourth-order valence-electron chi connectivity index (χ4n) is 2.86. The summed E-state index contributed by atoms with van der Waals surface area (Å²) in [7, 11) is 2.62. The van der Waals surface area contributed by atoms with Gasteiger partial charge in [-0.1, -0.05) is 22.0 Å². The molecule has 29 heavy (non-hydrogen) atoms. The van der Waals surface area contributed by atoms with Crippen LogP contribution in [0.15, 0.2) is 51.2 Å². The third-order valence-corrected chi connectivity index (χ3v) is 4.80. The number of carbonyl (C=O) groups excluding carboxylic acids is 1. The van der Waals surface area contributed by atoms with E-state index in [1.54, 1.807) is 0 Å². The van der Waals surface area contributed by atoms with Crippen molar-refractivity contribution in [2.75, 3.05) is 20.8 Å². The minimum Gasteiger partial charge on any atom is -0.466 e. The molecule has 0 unspecified atom stereocenters. The minimum absolute atomic E-state index is 0.0385. The predicted octanol–water partition coefficient (Wildman–Crippen LogP) is 3.43. The molecule has 1 atom stereocenters. The average Bonchev–Trinajstić information content (AvgIpc) is 2.67. The second kappa shape index (κ2) is 8.75. The third-order valence-electron chi connectivity index (χ3n) is 4.11. The molecule has 0 saturated heterocycles. The fourth-order valence-corrected chi connectivity index (χ4v) is 3.43. The van der Waals surface area contributed by atoms with Gasteiger partial charge in [-0.05, 0) is 17.7 Å². The summed E-state index contributed by atoms with van der Waals surface area (Å²) in [5, 5.41) is 2.82. The van der Waals surface area contributed by atoms with E-state index < -0.39 is 29.5 Å². The second-order valence-electron chi connectivity index (χ2n) is 5.97. The van der Waals surface area contributed by atoms with Crippen molar-refractivity contribution in [2.45, 2.75) is 6.04 Å². The molecule has 2 heterocycles. The highest BCUT2D eigenvalue weighted by Crippen LogP contribution is 2.36. The number of esters is 1. The van der Waals surface area contributed by atoms with E-state index in [2.05, 4.69) is 31.2 Å². The van der Waals surface area contributed by atoms with E-state index in [0.29, 0.717) is 16.1 Å². The smallest absolute Gasteiger partial charge is 0.338 e. The molecule has 1 aliphatic heterocycles. The number of amidine groups is 1. The molecule has 1 aromatic carbocycles. The zero-order valence-corrected chi connectivity index (χ0v) is 16.9. The average molecular weight is 470 g/mol. The number of aromatic nitrogens is 1. The van der Waals surface area contributed by atoms with E-state index in [1.165, 1.54) is 32.4 Å². The number of aliphatic imine (C=N–C) groups is 1. The van der Waals surface area contributed by atoms with Crippen molar-refractivity contribution in [1.29, 1.82) is 0 Å². The first-order valence-corrected chi connectivity index (χ1v) is 9.06. The van der Waals surface area contributed by atoms with Crippen LogP contribution in [-0.4, -0.2) is 37.6 Å². The molecule has 0 fully saturated rings. The Morgan fingerprint density at radius 2 is 1.97 bits per heavy atom. The molecule has 3 rings (SSSR count). The predicted molar refractivity (Wildman–Crippen MR) is 102 cm³/mol. The van der Waals surface area contributed by atoms with E-state index >= 15 is 0 Å². The number of halogens is 4. The molecule has 1 aliphatic rings. The van der Waals surface area contributed by atoms with Gasteiger partial charge in [-0.25, -0.2) is 22.9 Å². The number of nitrogens with zero attached hydrogens (tertiary/aromatic N) is 2. The molecule has 0 radical (unpaired) electrons. The van der Waals surface area contributed by atoms with Crippen molar-refractivity contribution in [3.05, 3.63) is 74.9 Å². The Morgan fingerprint density at radius 3 is 2.59 bits per heavy atom. The summed E-state index contributed by atoms with van der Waals surface area (Å²) in [5.41, 5.74) is 0.554. The van der Waals surface area contributed by atoms with Gasteiger partial charge in [-0.15, -0.1) is 0 Å². The van der Waals surface area contributed by atoms with Crippen molar-refractivity contribution < 1.29 is 27.4 Å². The van der Waals surface area contributed by atoms with E-state index in [0.717, 1.165) is 6.20 Å². The molecule has 0 spiro atoms. The van der Waals surface area contributed by atoms with Gasteiger partial charge in [0.25, 0.3) is 0 Å². The summed E-state index contributed by atoms with van der Waals surface area (Å²) in [6.45, 7) is -0.0540. The van der Waals surface area contributed by atoms with Crippen LogP contribution in [0.4, 0.5) is 13.2 Å². The number of methoxy groups -OCH3 is 2. The Balaban J connectivity index is 2.21. The summed E-state index contributed by atoms with van der Waals surface area (Å²) in [5.74, 6) is -3.01. The Morgan fingerprint density at radius 1 is 1.21 bits per heavy atom. The number of nitrogens with one attached hydrogen (secondary N) is 1. The van der Waals surface area contributed by atoms with Gasteiger partial charge in [-0.3, -0.25) is 4.99 Å². The lowest BCUT2D eigenvalue weighted by atomic mass is 9.95.